The van der Waals surface area contributed by atoms with Crippen LogP contribution in [0.2, 0.25) is 0 Å². The van der Waals surface area contributed by atoms with Crippen molar-refractivity contribution in [3.8, 4) is 0 Å². The van der Waals surface area contributed by atoms with Gasteiger partial charge in [-0.2, -0.15) is 4.99 Å². The first-order valence-corrected chi connectivity index (χ1v) is 4.45. The SMILES string of the molecule is CC1CN=C2N=C(N)NC(=O)C2(O)C1. The molecule has 2 heterocycles. The van der Waals surface area contributed by atoms with Crippen LogP contribution in [0, 0.1) is 5.92 Å². The number of carbonyl (C=O) groups excluding carboxylic acids is 1. The van der Waals surface area contributed by atoms with Crippen LogP contribution < -0.4 is 11.1 Å². The zero-order valence-electron chi connectivity index (χ0n) is 7.82. The van der Waals surface area contributed by atoms with Crippen molar-refractivity contribution in [3.05, 3.63) is 0 Å². The summed E-state index contributed by atoms with van der Waals surface area (Å²) in [6, 6.07) is 0. The predicted molar refractivity (Wildman–Crippen MR) is 50.8 cm³/mol. The van der Waals surface area contributed by atoms with Gasteiger partial charge in [0.1, 0.15) is 0 Å². The smallest absolute Gasteiger partial charge is 0.266 e. The van der Waals surface area contributed by atoms with Crippen molar-refractivity contribution < 1.29 is 9.90 Å². The quantitative estimate of drug-likeness (QED) is 0.444. The number of aliphatic hydroxyl groups is 1. The molecule has 0 fully saturated rings. The Hall–Kier alpha value is -1.43. The Morgan fingerprint density at radius 1 is 1.71 bits per heavy atom. The molecule has 1 amide bonds. The van der Waals surface area contributed by atoms with E-state index in [4.69, 9.17) is 5.73 Å². The molecule has 2 rings (SSSR count). The van der Waals surface area contributed by atoms with Crippen molar-refractivity contribution in [2.24, 2.45) is 21.6 Å². The molecule has 2 aliphatic heterocycles. The number of hydrogen-bond acceptors (Lipinski definition) is 5. The second kappa shape index (κ2) is 2.78. The molecule has 0 aliphatic carbocycles. The molecule has 2 unspecified atom stereocenters. The summed E-state index contributed by atoms with van der Waals surface area (Å²) in [5.74, 6) is -0.232. The second-order valence-electron chi connectivity index (χ2n) is 3.79. The lowest BCUT2D eigenvalue weighted by atomic mass is 9.86. The summed E-state index contributed by atoms with van der Waals surface area (Å²) in [7, 11) is 0. The molecule has 0 spiro atoms. The molecule has 2 aliphatic rings. The average Bonchev–Trinajstić information content (AvgIpc) is 2.08. The Morgan fingerprint density at radius 2 is 2.43 bits per heavy atom. The van der Waals surface area contributed by atoms with Crippen LogP contribution in [0.1, 0.15) is 13.3 Å². The number of nitrogens with one attached hydrogen (secondary N) is 1. The van der Waals surface area contributed by atoms with Gasteiger partial charge in [0.05, 0.1) is 0 Å². The molecule has 0 saturated heterocycles. The van der Waals surface area contributed by atoms with Crippen molar-refractivity contribution in [2.75, 3.05) is 6.54 Å². The van der Waals surface area contributed by atoms with E-state index in [1.807, 2.05) is 6.92 Å². The number of amides is 1. The Bertz CT molecular complexity index is 349. The summed E-state index contributed by atoms with van der Waals surface area (Å²) >= 11 is 0. The highest BCUT2D eigenvalue weighted by Gasteiger charge is 2.47. The van der Waals surface area contributed by atoms with Gasteiger partial charge in [0.2, 0.25) is 11.6 Å². The minimum atomic E-state index is -1.58. The largest absolute Gasteiger partial charge is 0.373 e. The molecule has 0 radical (unpaired) electrons. The Morgan fingerprint density at radius 3 is 3.14 bits per heavy atom. The van der Waals surface area contributed by atoms with Crippen LogP contribution in [0.4, 0.5) is 0 Å². The van der Waals surface area contributed by atoms with E-state index in [1.165, 1.54) is 0 Å². The lowest BCUT2D eigenvalue weighted by Crippen LogP contribution is -2.61. The van der Waals surface area contributed by atoms with Gasteiger partial charge in [-0.15, -0.1) is 0 Å². The predicted octanol–water partition coefficient (Wildman–Crippen LogP) is -1.40. The molecule has 4 N–H and O–H groups in total. The molecule has 0 aromatic rings. The molecule has 0 bridgehead atoms. The number of fused-ring (bicyclic) bond motifs is 1. The molecular formula is C8H12N4O2. The third-order valence-corrected chi connectivity index (χ3v) is 2.41. The lowest BCUT2D eigenvalue weighted by Gasteiger charge is -2.34. The van der Waals surface area contributed by atoms with E-state index in [0.29, 0.717) is 13.0 Å². The van der Waals surface area contributed by atoms with Crippen molar-refractivity contribution in [3.63, 3.8) is 0 Å². The van der Waals surface area contributed by atoms with Gasteiger partial charge in [-0.25, -0.2) is 0 Å². The van der Waals surface area contributed by atoms with Gasteiger partial charge < -0.3 is 10.8 Å². The maximum Gasteiger partial charge on any atom is 0.266 e. The first kappa shape index (κ1) is 9.14. The highest BCUT2D eigenvalue weighted by molar-refractivity contribution is 6.22. The maximum atomic E-state index is 11.5. The average molecular weight is 196 g/mol. The number of rotatable bonds is 0. The fraction of sp³-hybridized carbons (Fsp3) is 0.625. The fourth-order valence-electron chi connectivity index (χ4n) is 1.72. The Labute approximate surface area is 80.9 Å². The highest BCUT2D eigenvalue weighted by atomic mass is 16.3. The van der Waals surface area contributed by atoms with E-state index in [-0.39, 0.29) is 17.7 Å². The molecule has 2 atom stereocenters. The number of amidine groups is 1. The molecule has 0 aromatic heterocycles. The van der Waals surface area contributed by atoms with Crippen LogP contribution in [0.3, 0.4) is 0 Å². The number of aliphatic imine (C=N–C) groups is 2. The van der Waals surface area contributed by atoms with Gasteiger partial charge >= 0.3 is 0 Å². The minimum absolute atomic E-state index is 0.00650. The van der Waals surface area contributed by atoms with Crippen molar-refractivity contribution in [1.82, 2.24) is 5.32 Å². The Balaban J connectivity index is 2.45. The van der Waals surface area contributed by atoms with Crippen LogP contribution in [-0.2, 0) is 4.79 Å². The lowest BCUT2D eigenvalue weighted by molar-refractivity contribution is -0.133. The second-order valence-corrected chi connectivity index (χ2v) is 3.79. The van der Waals surface area contributed by atoms with Gasteiger partial charge in [-0.1, -0.05) is 6.92 Å². The van der Waals surface area contributed by atoms with Gasteiger partial charge in [0, 0.05) is 6.54 Å². The van der Waals surface area contributed by atoms with Gasteiger partial charge in [-0.3, -0.25) is 15.1 Å². The van der Waals surface area contributed by atoms with Crippen LogP contribution in [0.15, 0.2) is 9.98 Å². The maximum absolute atomic E-state index is 11.5. The number of carbonyl (C=O) groups is 1. The van der Waals surface area contributed by atoms with E-state index < -0.39 is 11.5 Å². The zero-order chi connectivity index (χ0) is 10.3. The third kappa shape index (κ3) is 1.19. The van der Waals surface area contributed by atoms with E-state index in [2.05, 4.69) is 15.3 Å². The zero-order valence-corrected chi connectivity index (χ0v) is 7.82. The van der Waals surface area contributed by atoms with Crippen LogP contribution >= 0.6 is 0 Å². The van der Waals surface area contributed by atoms with Crippen LogP contribution in [0.5, 0.6) is 0 Å². The monoisotopic (exact) mass is 196 g/mol. The Kier molecular flexibility index (Phi) is 1.81. The standard InChI is InChI=1S/C8H12N4O2/c1-4-2-8(14)5(10-3-4)11-7(9)12-6(8)13/h4,14H,2-3H2,1H3,(H3,9,10,11,12,13). The summed E-state index contributed by atoms with van der Waals surface area (Å²) in [4.78, 5) is 19.4. The number of nitrogens with zero attached hydrogens (tertiary/aromatic N) is 2. The highest BCUT2D eigenvalue weighted by Crippen LogP contribution is 2.26. The van der Waals surface area contributed by atoms with Gasteiger partial charge in [0.15, 0.2) is 5.84 Å². The van der Waals surface area contributed by atoms with Gasteiger partial charge in [-0.05, 0) is 12.3 Å². The molecule has 6 nitrogen and oxygen atoms in total. The summed E-state index contributed by atoms with van der Waals surface area (Å²) in [5, 5.41) is 12.3. The van der Waals surface area contributed by atoms with E-state index >= 15 is 0 Å². The first-order chi connectivity index (χ1) is 6.52. The number of hydrogen-bond donors (Lipinski definition) is 3. The third-order valence-electron chi connectivity index (χ3n) is 2.41. The molecule has 76 valence electrons. The van der Waals surface area contributed by atoms with Crippen molar-refractivity contribution >= 4 is 17.7 Å². The first-order valence-electron chi connectivity index (χ1n) is 4.45. The fourth-order valence-corrected chi connectivity index (χ4v) is 1.72. The summed E-state index contributed by atoms with van der Waals surface area (Å²) in [6.45, 7) is 2.49. The molecule has 0 aromatic carbocycles. The summed E-state index contributed by atoms with van der Waals surface area (Å²) in [6.07, 6.45) is 0.342. The minimum Gasteiger partial charge on any atom is -0.373 e. The molecule has 0 saturated carbocycles. The molecule has 6 heteroatoms. The number of nitrogens with two attached hydrogens (primary N) is 1. The normalized spacial score (nSPS) is 36.7. The number of guanidine groups is 1. The van der Waals surface area contributed by atoms with E-state index in [0.717, 1.165) is 0 Å². The molecule has 14 heavy (non-hydrogen) atoms. The van der Waals surface area contributed by atoms with Gasteiger partial charge in [0.25, 0.3) is 5.91 Å². The summed E-state index contributed by atoms with van der Waals surface area (Å²) < 4.78 is 0. The topological polar surface area (TPSA) is 100 Å². The van der Waals surface area contributed by atoms with Crippen molar-refractivity contribution in [1.29, 1.82) is 0 Å². The summed E-state index contributed by atoms with van der Waals surface area (Å²) in [5.41, 5.74) is 3.77. The van der Waals surface area contributed by atoms with Crippen LogP contribution in [-0.4, -0.2) is 35.0 Å². The van der Waals surface area contributed by atoms with E-state index in [9.17, 15) is 9.90 Å². The van der Waals surface area contributed by atoms with Crippen molar-refractivity contribution in [2.45, 2.75) is 18.9 Å². The van der Waals surface area contributed by atoms with Crippen LogP contribution in [0.25, 0.3) is 0 Å². The molecular weight excluding hydrogens is 184 g/mol. The van der Waals surface area contributed by atoms with E-state index in [1.54, 1.807) is 0 Å².